The molecule has 0 saturated carbocycles. The summed E-state index contributed by atoms with van der Waals surface area (Å²) in [4.78, 5) is 13.3. The number of benzene rings is 3. The van der Waals surface area contributed by atoms with Crippen molar-refractivity contribution in [3.63, 3.8) is 0 Å². The first-order valence-electron chi connectivity index (χ1n) is 11.5. The Morgan fingerprint density at radius 1 is 0.912 bits per heavy atom. The number of hydrogen-bond donors (Lipinski definition) is 0. The summed E-state index contributed by atoms with van der Waals surface area (Å²) in [7, 11) is -4.10. The highest BCUT2D eigenvalue weighted by atomic mass is 32.2. The van der Waals surface area contributed by atoms with Crippen molar-refractivity contribution >= 4 is 27.7 Å². The van der Waals surface area contributed by atoms with Crippen LogP contribution in [0.5, 0.6) is 5.75 Å². The molecule has 34 heavy (non-hydrogen) atoms. The number of sulfonamides is 1. The van der Waals surface area contributed by atoms with E-state index in [0.717, 1.165) is 46.0 Å². The van der Waals surface area contributed by atoms with Gasteiger partial charge in [0, 0.05) is 6.08 Å². The van der Waals surface area contributed by atoms with Gasteiger partial charge >= 0.3 is 0 Å². The first-order chi connectivity index (χ1) is 16.3. The lowest BCUT2D eigenvalue weighted by molar-refractivity contribution is -0.113. The molecule has 0 radical (unpaired) electrons. The Hall–Kier alpha value is -3.38. The normalized spacial score (nSPS) is 11.5. The number of ether oxygens (including phenoxy) is 1. The van der Waals surface area contributed by atoms with Gasteiger partial charge in [0.25, 0.3) is 15.9 Å². The van der Waals surface area contributed by atoms with Gasteiger partial charge < -0.3 is 4.74 Å². The van der Waals surface area contributed by atoms with Gasteiger partial charge in [-0.3, -0.25) is 4.79 Å². The van der Waals surface area contributed by atoms with Gasteiger partial charge in [-0.05, 0) is 73.4 Å². The second kappa shape index (κ2) is 11.7. The summed E-state index contributed by atoms with van der Waals surface area (Å²) in [6.45, 7) is 6.66. The third-order valence-electron chi connectivity index (χ3n) is 5.40. The molecule has 0 spiro atoms. The summed E-state index contributed by atoms with van der Waals surface area (Å²) >= 11 is 0. The van der Waals surface area contributed by atoms with Crippen molar-refractivity contribution in [2.24, 2.45) is 0 Å². The van der Waals surface area contributed by atoms with Crippen LogP contribution < -0.4 is 9.04 Å². The van der Waals surface area contributed by atoms with Crippen molar-refractivity contribution in [3.8, 4) is 5.75 Å². The summed E-state index contributed by atoms with van der Waals surface area (Å²) in [5.41, 5.74) is 3.06. The van der Waals surface area contributed by atoms with E-state index in [2.05, 4.69) is 6.92 Å². The number of rotatable bonds is 10. The molecular weight excluding hydrogens is 446 g/mol. The summed E-state index contributed by atoms with van der Waals surface area (Å²) < 4.78 is 33.5. The van der Waals surface area contributed by atoms with Crippen LogP contribution in [0.25, 0.3) is 6.08 Å². The van der Waals surface area contributed by atoms with E-state index in [1.165, 1.54) is 18.2 Å². The molecule has 0 saturated heterocycles. The van der Waals surface area contributed by atoms with Gasteiger partial charge in [-0.2, -0.15) is 4.31 Å². The number of unbranched alkanes of at least 4 members (excludes halogenated alkanes) is 1. The van der Waals surface area contributed by atoms with E-state index in [4.69, 9.17) is 4.74 Å². The van der Waals surface area contributed by atoms with Crippen molar-refractivity contribution in [1.82, 2.24) is 0 Å². The van der Waals surface area contributed by atoms with Gasteiger partial charge in [-0.15, -0.1) is 0 Å². The van der Waals surface area contributed by atoms with Gasteiger partial charge in [0.15, 0.2) is 0 Å². The lowest BCUT2D eigenvalue weighted by Gasteiger charge is -2.22. The van der Waals surface area contributed by atoms with Crippen LogP contribution in [0.3, 0.4) is 0 Å². The molecule has 0 aliphatic heterocycles. The number of nitrogens with zero attached hydrogens (tertiary/aromatic N) is 1. The highest BCUT2D eigenvalue weighted by molar-refractivity contribution is 7.93. The number of aryl methyl sites for hydroxylation is 2. The molecule has 0 fully saturated rings. The topological polar surface area (TPSA) is 63.7 Å². The molecule has 5 nitrogen and oxygen atoms in total. The maximum Gasteiger partial charge on any atom is 0.271 e. The maximum atomic E-state index is 13.5. The van der Waals surface area contributed by atoms with E-state index < -0.39 is 15.9 Å². The lowest BCUT2D eigenvalue weighted by Crippen LogP contribution is -2.35. The summed E-state index contributed by atoms with van der Waals surface area (Å²) in [5.74, 6) is 0.115. The maximum absolute atomic E-state index is 13.5. The molecule has 3 rings (SSSR count). The average Bonchev–Trinajstić information content (AvgIpc) is 2.84. The SMILES string of the molecule is CCCCOc1ccc(/C=C/C(=O)N(c2ccc(CC)cc2)S(=O)(=O)c2ccc(C)cc2)cc1. The molecule has 3 aromatic carbocycles. The zero-order chi connectivity index (χ0) is 24.6. The van der Waals surface area contributed by atoms with Crippen LogP contribution in [0.15, 0.2) is 83.8 Å². The largest absolute Gasteiger partial charge is 0.494 e. The predicted octanol–water partition coefficient (Wildman–Crippen LogP) is 6.17. The third-order valence-corrected chi connectivity index (χ3v) is 7.14. The van der Waals surface area contributed by atoms with Crippen LogP contribution in [0.2, 0.25) is 0 Å². The van der Waals surface area contributed by atoms with E-state index >= 15 is 0 Å². The van der Waals surface area contributed by atoms with Crippen LogP contribution in [0, 0.1) is 6.92 Å². The van der Waals surface area contributed by atoms with Gasteiger partial charge in [0.05, 0.1) is 17.2 Å². The summed E-state index contributed by atoms with van der Waals surface area (Å²) in [5, 5.41) is 0. The highest BCUT2D eigenvalue weighted by Crippen LogP contribution is 2.25. The first kappa shape index (κ1) is 25.2. The number of amides is 1. The van der Waals surface area contributed by atoms with Crippen LogP contribution in [0.1, 0.15) is 43.4 Å². The van der Waals surface area contributed by atoms with Crippen LogP contribution >= 0.6 is 0 Å². The minimum Gasteiger partial charge on any atom is -0.494 e. The molecule has 0 N–H and O–H groups in total. The fraction of sp³-hybridized carbons (Fsp3) is 0.250. The monoisotopic (exact) mass is 477 g/mol. The molecule has 178 valence electrons. The zero-order valence-electron chi connectivity index (χ0n) is 19.9. The van der Waals surface area contributed by atoms with Crippen LogP contribution in [-0.4, -0.2) is 20.9 Å². The van der Waals surface area contributed by atoms with Crippen LogP contribution in [0.4, 0.5) is 5.69 Å². The van der Waals surface area contributed by atoms with Crippen LogP contribution in [-0.2, 0) is 21.2 Å². The lowest BCUT2D eigenvalue weighted by atomic mass is 10.1. The molecule has 0 aliphatic carbocycles. The number of carbonyl (C=O) groups is 1. The quantitative estimate of drug-likeness (QED) is 0.259. The zero-order valence-corrected chi connectivity index (χ0v) is 20.7. The van der Waals surface area contributed by atoms with Crippen molar-refractivity contribution < 1.29 is 17.9 Å². The Morgan fingerprint density at radius 2 is 1.56 bits per heavy atom. The van der Waals surface area contributed by atoms with Gasteiger partial charge in [0.2, 0.25) is 0 Å². The van der Waals surface area contributed by atoms with E-state index in [1.807, 2.05) is 50.2 Å². The average molecular weight is 478 g/mol. The van der Waals surface area contributed by atoms with Gasteiger partial charge in [0.1, 0.15) is 5.75 Å². The molecule has 0 aromatic heterocycles. The minimum absolute atomic E-state index is 0.0630. The Labute approximate surface area is 202 Å². The first-order valence-corrected chi connectivity index (χ1v) is 12.9. The minimum atomic E-state index is -4.10. The number of anilines is 1. The molecule has 3 aromatic rings. The second-order valence-electron chi connectivity index (χ2n) is 8.05. The molecule has 0 aliphatic rings. The fourth-order valence-corrected chi connectivity index (χ4v) is 4.70. The fourth-order valence-electron chi connectivity index (χ4n) is 3.31. The van der Waals surface area contributed by atoms with Crippen molar-refractivity contribution in [2.45, 2.75) is 44.9 Å². The van der Waals surface area contributed by atoms with E-state index in [-0.39, 0.29) is 4.90 Å². The molecule has 0 unspecified atom stereocenters. The molecule has 6 heteroatoms. The molecular formula is C28H31NO4S. The predicted molar refractivity (Wildman–Crippen MR) is 138 cm³/mol. The van der Waals surface area contributed by atoms with Gasteiger partial charge in [-0.25, -0.2) is 8.42 Å². The number of carbonyl (C=O) groups excluding carboxylic acids is 1. The Morgan fingerprint density at radius 3 is 2.15 bits per heavy atom. The van der Waals surface area contributed by atoms with E-state index in [9.17, 15) is 13.2 Å². The molecule has 0 bridgehead atoms. The smallest absolute Gasteiger partial charge is 0.271 e. The number of hydrogen-bond acceptors (Lipinski definition) is 4. The Kier molecular flexibility index (Phi) is 8.66. The van der Waals surface area contributed by atoms with E-state index in [1.54, 1.807) is 30.3 Å². The van der Waals surface area contributed by atoms with E-state index in [0.29, 0.717) is 12.3 Å². The van der Waals surface area contributed by atoms with Crippen molar-refractivity contribution in [3.05, 3.63) is 95.6 Å². The molecule has 0 heterocycles. The third kappa shape index (κ3) is 6.35. The van der Waals surface area contributed by atoms with Crippen molar-refractivity contribution in [2.75, 3.05) is 10.9 Å². The Balaban J connectivity index is 1.89. The highest BCUT2D eigenvalue weighted by Gasteiger charge is 2.29. The Bertz CT molecular complexity index is 1210. The molecule has 0 atom stereocenters. The van der Waals surface area contributed by atoms with Crippen molar-refractivity contribution in [1.29, 1.82) is 0 Å². The summed E-state index contributed by atoms with van der Waals surface area (Å²) in [6.07, 6.45) is 5.76. The summed E-state index contributed by atoms with van der Waals surface area (Å²) in [6, 6.07) is 20.8. The standard InChI is InChI=1S/C28H31NO4S/c1-4-6-21-33-26-16-11-24(12-17-26)13-20-28(30)29(25-14-9-23(5-2)10-15-25)34(31,32)27-18-7-22(3)8-19-27/h7-20H,4-6,21H2,1-3H3/b20-13+. The van der Waals surface area contributed by atoms with Gasteiger partial charge in [-0.1, -0.05) is 62.2 Å². The molecule has 1 amide bonds. The second-order valence-corrected chi connectivity index (χ2v) is 9.83.